The summed E-state index contributed by atoms with van der Waals surface area (Å²) in [6, 6.07) is 7.58. The molecule has 0 fully saturated rings. The smallest absolute Gasteiger partial charge is 0.0656 e. The molecule has 0 radical (unpaired) electrons. The van der Waals surface area contributed by atoms with Crippen LogP contribution in [0.2, 0.25) is 0 Å². The molecule has 78 valence electrons. The fraction of sp³-hybridized carbons (Fsp3) is 0.455. The Bertz CT molecular complexity index is 306. The average Bonchev–Trinajstić information content (AvgIpc) is 2.18. The van der Waals surface area contributed by atoms with Crippen molar-refractivity contribution in [2.45, 2.75) is 31.3 Å². The van der Waals surface area contributed by atoms with Gasteiger partial charge in [-0.3, -0.25) is 4.21 Å². The van der Waals surface area contributed by atoms with E-state index in [9.17, 15) is 9.32 Å². The van der Waals surface area contributed by atoms with E-state index in [1.54, 1.807) is 0 Å². The third kappa shape index (κ3) is 3.24. The van der Waals surface area contributed by atoms with Gasteiger partial charge in [0.25, 0.3) is 0 Å². The van der Waals surface area contributed by atoms with Gasteiger partial charge in [-0.15, -0.1) is 0 Å². The number of aliphatic hydroxyl groups excluding tert-OH is 1. The lowest BCUT2D eigenvalue weighted by Gasteiger charge is -2.07. The molecule has 0 spiro atoms. The van der Waals surface area contributed by atoms with Crippen LogP contribution in [0.4, 0.5) is 0 Å². The molecule has 2 nitrogen and oxygen atoms in total. The minimum Gasteiger partial charge on any atom is -0.392 e. The molecule has 1 rings (SSSR count). The zero-order chi connectivity index (χ0) is 10.6. The van der Waals surface area contributed by atoms with Crippen LogP contribution in [0.15, 0.2) is 29.2 Å². The predicted molar refractivity (Wildman–Crippen MR) is 58.8 cm³/mol. The molecule has 0 aromatic heterocycles. The summed E-state index contributed by atoms with van der Waals surface area (Å²) in [5, 5.41) is 9.35. The summed E-state index contributed by atoms with van der Waals surface area (Å²) in [7, 11) is -1.07. The predicted octanol–water partition coefficient (Wildman–Crippen LogP) is 1.87. The van der Waals surface area contributed by atoms with Crippen LogP contribution in [0.1, 0.15) is 18.9 Å². The van der Waals surface area contributed by atoms with Crippen molar-refractivity contribution in [1.82, 2.24) is 0 Å². The quantitative estimate of drug-likeness (QED) is 0.827. The van der Waals surface area contributed by atoms with Crippen LogP contribution in [0, 0.1) is 6.92 Å². The van der Waals surface area contributed by atoms with Crippen molar-refractivity contribution in [2.75, 3.05) is 5.75 Å². The Balaban J connectivity index is 2.65. The van der Waals surface area contributed by atoms with Crippen LogP contribution in [0.25, 0.3) is 0 Å². The molecule has 1 N–H and O–H groups in total. The maximum absolute atomic E-state index is 11.7. The molecule has 0 heterocycles. The normalized spacial score (nSPS) is 15.1. The Labute approximate surface area is 87.4 Å². The van der Waals surface area contributed by atoms with E-state index in [0.29, 0.717) is 12.2 Å². The van der Waals surface area contributed by atoms with Crippen molar-refractivity contribution in [1.29, 1.82) is 0 Å². The second kappa shape index (κ2) is 5.27. The highest BCUT2D eigenvalue weighted by Crippen LogP contribution is 2.09. The average molecular weight is 212 g/mol. The molecule has 0 saturated heterocycles. The molecule has 0 aliphatic heterocycles. The van der Waals surface area contributed by atoms with Gasteiger partial charge in [0.1, 0.15) is 0 Å². The van der Waals surface area contributed by atoms with Crippen LogP contribution >= 0.6 is 0 Å². The summed E-state index contributed by atoms with van der Waals surface area (Å²) in [5.74, 6) is 0.333. The van der Waals surface area contributed by atoms with Gasteiger partial charge in [-0.1, -0.05) is 24.6 Å². The zero-order valence-corrected chi connectivity index (χ0v) is 9.38. The molecular formula is C11H16O2S. The maximum atomic E-state index is 11.7. The number of hydrogen-bond donors (Lipinski definition) is 1. The van der Waals surface area contributed by atoms with E-state index in [-0.39, 0.29) is 0 Å². The molecular weight excluding hydrogens is 196 g/mol. The van der Waals surface area contributed by atoms with Gasteiger partial charge in [-0.25, -0.2) is 0 Å². The molecule has 0 saturated carbocycles. The van der Waals surface area contributed by atoms with Crippen molar-refractivity contribution < 1.29 is 9.32 Å². The molecule has 1 aromatic rings. The highest BCUT2D eigenvalue weighted by Gasteiger charge is 2.08. The van der Waals surface area contributed by atoms with E-state index in [0.717, 1.165) is 10.5 Å². The maximum Gasteiger partial charge on any atom is 0.0656 e. The number of benzene rings is 1. The van der Waals surface area contributed by atoms with Crippen LogP contribution in [-0.4, -0.2) is 21.2 Å². The lowest BCUT2D eigenvalue weighted by molar-refractivity contribution is 0.194. The van der Waals surface area contributed by atoms with Crippen molar-refractivity contribution in [3.63, 3.8) is 0 Å². The van der Waals surface area contributed by atoms with Crippen LogP contribution in [0.3, 0.4) is 0 Å². The highest BCUT2D eigenvalue weighted by molar-refractivity contribution is 7.85. The first kappa shape index (κ1) is 11.4. The van der Waals surface area contributed by atoms with Gasteiger partial charge >= 0.3 is 0 Å². The second-order valence-corrected chi connectivity index (χ2v) is 4.88. The third-order valence-electron chi connectivity index (χ3n) is 2.10. The summed E-state index contributed by atoms with van der Waals surface area (Å²) < 4.78 is 11.7. The van der Waals surface area contributed by atoms with Gasteiger partial charge in [0.2, 0.25) is 0 Å². The van der Waals surface area contributed by atoms with Crippen molar-refractivity contribution in [3.05, 3.63) is 29.8 Å². The number of rotatable bonds is 4. The van der Waals surface area contributed by atoms with Crippen molar-refractivity contribution >= 4 is 10.8 Å². The SMILES string of the molecule is CC[C@H](O)C[S@@](=O)c1ccc(C)cc1. The Hall–Kier alpha value is -0.670. The standard InChI is InChI=1S/C11H16O2S/c1-3-10(12)8-14(13)11-6-4-9(2)5-7-11/h4-7,10,12H,3,8H2,1-2H3/t10-,14+/m0/s1. The van der Waals surface area contributed by atoms with Gasteiger partial charge in [0.05, 0.1) is 22.7 Å². The summed E-state index contributed by atoms with van der Waals surface area (Å²) in [4.78, 5) is 0.795. The van der Waals surface area contributed by atoms with Crippen LogP contribution < -0.4 is 0 Å². The summed E-state index contributed by atoms with van der Waals surface area (Å²) in [6.45, 7) is 3.88. The Morgan fingerprint density at radius 1 is 1.36 bits per heavy atom. The first-order chi connectivity index (χ1) is 6.63. The number of aliphatic hydroxyl groups is 1. The summed E-state index contributed by atoms with van der Waals surface area (Å²) in [6.07, 6.45) is 0.189. The molecule has 0 aliphatic rings. The largest absolute Gasteiger partial charge is 0.392 e. The molecule has 0 unspecified atom stereocenters. The van der Waals surface area contributed by atoms with Gasteiger partial charge in [-0.2, -0.15) is 0 Å². The molecule has 14 heavy (non-hydrogen) atoms. The van der Waals surface area contributed by atoms with E-state index in [1.807, 2.05) is 38.1 Å². The molecule has 0 aliphatic carbocycles. The van der Waals surface area contributed by atoms with Gasteiger partial charge < -0.3 is 5.11 Å². The van der Waals surface area contributed by atoms with Gasteiger partial charge in [-0.05, 0) is 25.5 Å². The second-order valence-electron chi connectivity index (χ2n) is 3.39. The fourth-order valence-corrected chi connectivity index (χ4v) is 2.30. The first-order valence-corrected chi connectivity index (χ1v) is 6.08. The van der Waals surface area contributed by atoms with E-state index in [4.69, 9.17) is 0 Å². The number of hydrogen-bond acceptors (Lipinski definition) is 2. The Kier molecular flexibility index (Phi) is 4.29. The molecule has 1 aromatic carbocycles. The Morgan fingerprint density at radius 2 is 1.93 bits per heavy atom. The topological polar surface area (TPSA) is 37.3 Å². The first-order valence-electron chi connectivity index (χ1n) is 4.76. The number of aryl methyl sites for hydroxylation is 1. The Morgan fingerprint density at radius 3 is 2.43 bits per heavy atom. The molecule has 3 heteroatoms. The van der Waals surface area contributed by atoms with Gasteiger partial charge in [0, 0.05) is 4.90 Å². The van der Waals surface area contributed by atoms with E-state index < -0.39 is 16.9 Å². The molecule has 2 atom stereocenters. The zero-order valence-electron chi connectivity index (χ0n) is 8.56. The lowest BCUT2D eigenvalue weighted by Crippen LogP contribution is -2.15. The third-order valence-corrected chi connectivity index (χ3v) is 3.58. The fourth-order valence-electron chi connectivity index (χ4n) is 1.08. The van der Waals surface area contributed by atoms with E-state index >= 15 is 0 Å². The lowest BCUT2D eigenvalue weighted by atomic mass is 10.2. The van der Waals surface area contributed by atoms with Crippen molar-refractivity contribution in [3.8, 4) is 0 Å². The van der Waals surface area contributed by atoms with E-state index in [1.165, 1.54) is 0 Å². The molecule has 0 bridgehead atoms. The summed E-state index contributed by atoms with van der Waals surface area (Å²) >= 11 is 0. The van der Waals surface area contributed by atoms with Crippen LogP contribution in [-0.2, 0) is 10.8 Å². The monoisotopic (exact) mass is 212 g/mol. The van der Waals surface area contributed by atoms with Crippen LogP contribution in [0.5, 0.6) is 0 Å². The summed E-state index contributed by atoms with van der Waals surface area (Å²) in [5.41, 5.74) is 1.15. The van der Waals surface area contributed by atoms with E-state index in [2.05, 4.69) is 0 Å². The van der Waals surface area contributed by atoms with Gasteiger partial charge in [0.15, 0.2) is 0 Å². The van der Waals surface area contributed by atoms with Crippen molar-refractivity contribution in [2.24, 2.45) is 0 Å². The highest BCUT2D eigenvalue weighted by atomic mass is 32.2. The molecule has 0 amide bonds. The minimum absolute atomic E-state index is 0.333. The minimum atomic E-state index is -1.07.